The third kappa shape index (κ3) is 43.8. The molecule has 2 N–H and O–H groups in total. The number of phosphoric acid groups is 1. The number of rotatable bonds is 42. The van der Waals surface area contributed by atoms with Crippen LogP contribution in [0.15, 0.2) is 85.1 Å². The van der Waals surface area contributed by atoms with Gasteiger partial charge in [-0.2, -0.15) is 0 Å². The van der Waals surface area contributed by atoms with E-state index in [-0.39, 0.29) is 12.5 Å². The lowest BCUT2D eigenvalue weighted by molar-refractivity contribution is -0.870. The Hall–Kier alpha value is -2.32. The quantitative estimate of drug-likeness (QED) is 0.0274. The summed E-state index contributed by atoms with van der Waals surface area (Å²) in [5.74, 6) is -0.217. The van der Waals surface area contributed by atoms with Crippen molar-refractivity contribution in [2.75, 3.05) is 40.9 Å². The maximum absolute atomic E-state index is 12.9. The number of nitrogens with zero attached hydrogens (tertiary/aromatic N) is 1. The van der Waals surface area contributed by atoms with E-state index in [0.717, 1.165) is 96.3 Å². The van der Waals surface area contributed by atoms with Gasteiger partial charge in [-0.05, 0) is 70.6 Å². The molecule has 0 heterocycles. The number of hydrogen-bond donors (Lipinski definition) is 2. The Morgan fingerprint density at radius 3 is 1.48 bits per heavy atom. The third-order valence-electron chi connectivity index (χ3n) is 10.1. The van der Waals surface area contributed by atoms with Crippen LogP contribution in [0.3, 0.4) is 0 Å². The molecule has 60 heavy (non-hydrogen) atoms. The molecule has 0 bridgehead atoms. The third-order valence-corrected chi connectivity index (χ3v) is 11.1. The maximum Gasteiger partial charge on any atom is 0.268 e. The number of nitrogens with one attached hydrogen (secondary N) is 1. The highest BCUT2D eigenvalue weighted by Gasteiger charge is 2.23. The Labute approximate surface area is 369 Å². The van der Waals surface area contributed by atoms with Crippen LogP contribution in [0.25, 0.3) is 0 Å². The molecule has 0 spiro atoms. The fraction of sp³-hybridized carbons (Fsp3) is 0.706. The first-order valence-corrected chi connectivity index (χ1v) is 25.4. The minimum Gasteiger partial charge on any atom is -0.756 e. The molecule has 0 aromatic carbocycles. The van der Waals surface area contributed by atoms with Crippen molar-refractivity contribution in [3.63, 3.8) is 0 Å². The summed E-state index contributed by atoms with van der Waals surface area (Å²) in [4.78, 5) is 25.3. The Bertz CT molecular complexity index is 1250. The van der Waals surface area contributed by atoms with Gasteiger partial charge >= 0.3 is 0 Å². The lowest BCUT2D eigenvalue weighted by Gasteiger charge is -2.29. The highest BCUT2D eigenvalue weighted by Crippen LogP contribution is 2.38. The molecule has 0 rings (SSSR count). The molecule has 0 aromatic rings. The summed E-state index contributed by atoms with van der Waals surface area (Å²) in [5.41, 5.74) is 0. The second-order valence-corrected chi connectivity index (χ2v) is 18.5. The van der Waals surface area contributed by atoms with E-state index in [1.807, 2.05) is 27.2 Å². The Morgan fingerprint density at radius 1 is 0.600 bits per heavy atom. The molecule has 0 saturated carbocycles. The van der Waals surface area contributed by atoms with Crippen molar-refractivity contribution in [1.82, 2.24) is 5.32 Å². The number of phosphoric ester groups is 1. The van der Waals surface area contributed by atoms with Crippen LogP contribution in [-0.2, 0) is 18.4 Å². The number of likely N-dealkylation sites (N-methyl/N-ethyl adjacent to an activating group) is 1. The monoisotopic (exact) mass is 859 g/mol. The number of hydrogen-bond acceptors (Lipinski definition) is 6. The van der Waals surface area contributed by atoms with E-state index in [1.165, 1.54) is 64.2 Å². The number of carbonyl (C=O) groups is 1. The molecule has 8 nitrogen and oxygen atoms in total. The molecule has 3 atom stereocenters. The van der Waals surface area contributed by atoms with Crippen molar-refractivity contribution in [2.24, 2.45) is 0 Å². The number of allylic oxidation sites excluding steroid dienone is 13. The molecule has 0 fully saturated rings. The zero-order valence-electron chi connectivity index (χ0n) is 39.1. The molecule has 0 radical (unpaired) electrons. The van der Waals surface area contributed by atoms with Crippen molar-refractivity contribution in [3.8, 4) is 0 Å². The van der Waals surface area contributed by atoms with Gasteiger partial charge in [-0.3, -0.25) is 9.36 Å². The largest absolute Gasteiger partial charge is 0.756 e. The highest BCUT2D eigenvalue weighted by molar-refractivity contribution is 7.45. The number of amides is 1. The van der Waals surface area contributed by atoms with Gasteiger partial charge in [0.2, 0.25) is 5.91 Å². The molecule has 0 aliphatic heterocycles. The lowest BCUT2D eigenvalue weighted by atomic mass is 10.0. The minimum absolute atomic E-state index is 0.00870. The van der Waals surface area contributed by atoms with Crippen LogP contribution in [0.2, 0.25) is 0 Å². The van der Waals surface area contributed by atoms with Crippen molar-refractivity contribution < 1.29 is 32.9 Å². The smallest absolute Gasteiger partial charge is 0.268 e. The van der Waals surface area contributed by atoms with E-state index < -0.39 is 26.6 Å². The average Bonchev–Trinajstić information content (AvgIpc) is 3.20. The van der Waals surface area contributed by atoms with Gasteiger partial charge < -0.3 is 28.8 Å². The summed E-state index contributed by atoms with van der Waals surface area (Å²) in [7, 11) is 1.23. The first kappa shape index (κ1) is 57.7. The van der Waals surface area contributed by atoms with Crippen LogP contribution >= 0.6 is 7.82 Å². The van der Waals surface area contributed by atoms with Crippen molar-refractivity contribution in [3.05, 3.63) is 85.1 Å². The number of aliphatic hydroxyl groups is 1. The molecular formula is C51H91N2O6P. The molecular weight excluding hydrogens is 768 g/mol. The lowest BCUT2D eigenvalue weighted by Crippen LogP contribution is -2.45. The van der Waals surface area contributed by atoms with E-state index in [0.29, 0.717) is 17.4 Å². The second kappa shape index (κ2) is 42.0. The van der Waals surface area contributed by atoms with Gasteiger partial charge in [-0.15, -0.1) is 0 Å². The van der Waals surface area contributed by atoms with E-state index in [1.54, 1.807) is 6.08 Å². The summed E-state index contributed by atoms with van der Waals surface area (Å²) in [6.07, 6.45) is 57.7. The molecule has 1 amide bonds. The van der Waals surface area contributed by atoms with Gasteiger partial charge in [0.1, 0.15) is 13.2 Å². The predicted molar refractivity (Wildman–Crippen MR) is 256 cm³/mol. The number of unbranched alkanes of at least 4 members (excludes halogenated alkanes) is 17. The van der Waals surface area contributed by atoms with Gasteiger partial charge in [-0.1, -0.05) is 189 Å². The number of aliphatic hydroxyl groups excluding tert-OH is 1. The van der Waals surface area contributed by atoms with Crippen molar-refractivity contribution in [1.29, 1.82) is 0 Å². The van der Waals surface area contributed by atoms with E-state index in [4.69, 9.17) is 9.05 Å². The minimum atomic E-state index is -4.60. The normalized spacial score (nSPS) is 15.0. The van der Waals surface area contributed by atoms with Crippen molar-refractivity contribution >= 4 is 13.7 Å². The van der Waals surface area contributed by atoms with Crippen LogP contribution in [-0.4, -0.2) is 68.5 Å². The van der Waals surface area contributed by atoms with Crippen LogP contribution in [0.5, 0.6) is 0 Å². The Balaban J connectivity index is 4.36. The topological polar surface area (TPSA) is 108 Å². The average molecular weight is 859 g/mol. The second-order valence-electron chi connectivity index (χ2n) is 17.1. The first-order valence-electron chi connectivity index (χ1n) is 23.9. The molecule has 9 heteroatoms. The summed E-state index contributed by atoms with van der Waals surface area (Å²) in [6, 6.07) is -0.899. The van der Waals surface area contributed by atoms with Crippen LogP contribution in [0, 0.1) is 0 Å². The van der Waals surface area contributed by atoms with Gasteiger partial charge in [-0.25, -0.2) is 0 Å². The molecule has 3 unspecified atom stereocenters. The van der Waals surface area contributed by atoms with Gasteiger partial charge in [0.15, 0.2) is 0 Å². The van der Waals surface area contributed by atoms with Gasteiger partial charge in [0, 0.05) is 6.42 Å². The van der Waals surface area contributed by atoms with Gasteiger partial charge in [0.05, 0.1) is 39.9 Å². The molecule has 0 aliphatic rings. The summed E-state index contributed by atoms with van der Waals surface area (Å²) < 4.78 is 23.2. The summed E-state index contributed by atoms with van der Waals surface area (Å²) in [6.45, 7) is 4.50. The first-order chi connectivity index (χ1) is 29.0. The molecule has 0 aromatic heterocycles. The van der Waals surface area contributed by atoms with Crippen LogP contribution < -0.4 is 10.2 Å². The zero-order chi connectivity index (χ0) is 44.3. The molecule has 0 aliphatic carbocycles. The zero-order valence-corrected chi connectivity index (χ0v) is 40.0. The van der Waals surface area contributed by atoms with E-state index >= 15 is 0 Å². The fourth-order valence-electron chi connectivity index (χ4n) is 6.33. The Kier molecular flexibility index (Phi) is 40.4. The maximum atomic E-state index is 12.9. The standard InChI is InChI=1S/C51H91N2O6P/c1-6-8-10-12-14-16-18-20-21-22-23-24-25-26-27-28-29-30-31-33-35-37-39-41-43-45-51(55)52-49(48-59-60(56,57)58-47-46-53(3,4)5)50(54)44-42-40-38-36-34-32-19-17-15-13-11-9-7-2/h8,10,14,16,20-21,23-24,26-27,29-30,42,44,49-50,54H,6-7,9,11-13,15,17-19,22,25,28,31-41,43,45-48H2,1-5H3,(H-,52,55,56,57)/b10-8-,16-14-,21-20-,24-23-,27-26-,30-29-,44-42+. The highest BCUT2D eigenvalue weighted by atomic mass is 31.2. The van der Waals surface area contributed by atoms with Crippen LogP contribution in [0.4, 0.5) is 0 Å². The van der Waals surface area contributed by atoms with Crippen LogP contribution in [0.1, 0.15) is 181 Å². The number of quaternary nitrogens is 1. The summed E-state index contributed by atoms with van der Waals surface area (Å²) >= 11 is 0. The predicted octanol–water partition coefficient (Wildman–Crippen LogP) is 13.1. The molecule has 0 saturated heterocycles. The fourth-order valence-corrected chi connectivity index (χ4v) is 7.05. The summed E-state index contributed by atoms with van der Waals surface area (Å²) in [5, 5.41) is 13.8. The number of carbonyl (C=O) groups excluding carboxylic acids is 1. The van der Waals surface area contributed by atoms with E-state index in [9.17, 15) is 19.4 Å². The SMILES string of the molecule is CC/C=C\C/C=C\C/C=C\C/C=C\C/C=C\C/C=C\CCCCCCCCC(=O)NC(COP(=O)([O-])OCC[N+](C)(C)C)C(O)/C=C/CCCCCCCCCCCCC. The van der Waals surface area contributed by atoms with Gasteiger partial charge in [0.25, 0.3) is 7.82 Å². The van der Waals surface area contributed by atoms with Crippen molar-refractivity contribution in [2.45, 2.75) is 193 Å². The van der Waals surface area contributed by atoms with E-state index in [2.05, 4.69) is 92.1 Å². The molecule has 346 valence electrons. The Morgan fingerprint density at radius 2 is 1.02 bits per heavy atom.